The Morgan fingerprint density at radius 3 is 2.73 bits per heavy atom. The number of carbonyl (C=O) groups is 1. The fourth-order valence-electron chi connectivity index (χ4n) is 2.65. The minimum Gasteiger partial charge on any atom is -0.464 e. The third-order valence-electron chi connectivity index (χ3n) is 4.26. The molecular formula is C20H22N2O3S. The van der Waals surface area contributed by atoms with E-state index >= 15 is 0 Å². The van der Waals surface area contributed by atoms with Crippen molar-refractivity contribution in [2.45, 2.75) is 34.2 Å². The van der Waals surface area contributed by atoms with E-state index in [4.69, 9.17) is 4.74 Å². The maximum Gasteiger partial charge on any atom is 0.326 e. The standard InChI is InChI=1S/C20H22N2O3S/c1-12(2)9-25-17(23)8-22-11-21-19-18(20(22)24)16(10-26-19)15-6-5-13(3)14(4)7-15/h5-7,10-12H,8-9H2,1-4H3. The topological polar surface area (TPSA) is 61.2 Å². The average Bonchev–Trinajstić information content (AvgIpc) is 3.03. The zero-order chi connectivity index (χ0) is 18.8. The van der Waals surface area contributed by atoms with Crippen LogP contribution in [0.1, 0.15) is 25.0 Å². The Balaban J connectivity index is 1.99. The van der Waals surface area contributed by atoms with Crippen LogP contribution in [0.15, 0.2) is 34.7 Å². The second-order valence-electron chi connectivity index (χ2n) is 6.88. The fraction of sp³-hybridized carbons (Fsp3) is 0.350. The van der Waals surface area contributed by atoms with Gasteiger partial charge in [0.1, 0.15) is 11.4 Å². The molecule has 0 saturated carbocycles. The lowest BCUT2D eigenvalue weighted by Crippen LogP contribution is -2.26. The van der Waals surface area contributed by atoms with Crippen molar-refractivity contribution >= 4 is 27.5 Å². The lowest BCUT2D eigenvalue weighted by Gasteiger charge is -2.09. The number of carbonyl (C=O) groups excluding carboxylic acids is 1. The van der Waals surface area contributed by atoms with Gasteiger partial charge >= 0.3 is 5.97 Å². The largest absolute Gasteiger partial charge is 0.464 e. The molecule has 2 heterocycles. The highest BCUT2D eigenvalue weighted by Crippen LogP contribution is 2.31. The minimum atomic E-state index is -0.426. The highest BCUT2D eigenvalue weighted by atomic mass is 32.1. The highest BCUT2D eigenvalue weighted by Gasteiger charge is 2.15. The maximum absolute atomic E-state index is 12.9. The van der Waals surface area contributed by atoms with Crippen LogP contribution in [0.4, 0.5) is 0 Å². The van der Waals surface area contributed by atoms with E-state index in [1.165, 1.54) is 33.4 Å². The number of esters is 1. The average molecular weight is 370 g/mol. The summed E-state index contributed by atoms with van der Waals surface area (Å²) >= 11 is 1.43. The Hall–Kier alpha value is -2.47. The minimum absolute atomic E-state index is 0.128. The van der Waals surface area contributed by atoms with Crippen LogP contribution in [0.3, 0.4) is 0 Å². The molecule has 0 radical (unpaired) electrons. The van der Waals surface area contributed by atoms with Crippen LogP contribution in [0.5, 0.6) is 0 Å². The van der Waals surface area contributed by atoms with Crippen molar-refractivity contribution in [3.8, 4) is 11.1 Å². The molecule has 0 bridgehead atoms. The SMILES string of the molecule is Cc1ccc(-c2csc3ncn(CC(=O)OCC(C)C)c(=O)c23)cc1C. The predicted molar refractivity (Wildman–Crippen MR) is 105 cm³/mol. The van der Waals surface area contributed by atoms with Crippen LogP contribution < -0.4 is 5.56 Å². The molecule has 0 fully saturated rings. The lowest BCUT2D eigenvalue weighted by atomic mass is 10.0. The van der Waals surface area contributed by atoms with Gasteiger partial charge in [-0.05, 0) is 36.5 Å². The number of benzene rings is 1. The molecule has 5 nitrogen and oxygen atoms in total. The smallest absolute Gasteiger partial charge is 0.326 e. The van der Waals surface area contributed by atoms with Crippen molar-refractivity contribution in [2.75, 3.05) is 6.61 Å². The van der Waals surface area contributed by atoms with Crippen LogP contribution in [0.25, 0.3) is 21.3 Å². The molecular weight excluding hydrogens is 348 g/mol. The van der Waals surface area contributed by atoms with Crippen LogP contribution in [-0.2, 0) is 16.1 Å². The van der Waals surface area contributed by atoms with Crippen molar-refractivity contribution in [1.82, 2.24) is 9.55 Å². The van der Waals surface area contributed by atoms with E-state index in [2.05, 4.69) is 24.9 Å². The Morgan fingerprint density at radius 2 is 2.04 bits per heavy atom. The van der Waals surface area contributed by atoms with E-state index in [0.29, 0.717) is 16.8 Å². The molecule has 0 atom stereocenters. The predicted octanol–water partition coefficient (Wildman–Crippen LogP) is 3.94. The van der Waals surface area contributed by atoms with E-state index in [1.54, 1.807) is 0 Å². The van der Waals surface area contributed by atoms with Crippen molar-refractivity contribution in [2.24, 2.45) is 5.92 Å². The Labute approximate surface area is 156 Å². The summed E-state index contributed by atoms with van der Waals surface area (Å²) in [6.07, 6.45) is 1.42. The third-order valence-corrected chi connectivity index (χ3v) is 5.14. The van der Waals surface area contributed by atoms with Crippen molar-refractivity contribution in [1.29, 1.82) is 0 Å². The number of aryl methyl sites for hydroxylation is 2. The number of aromatic nitrogens is 2. The van der Waals surface area contributed by atoms with Crippen LogP contribution in [0, 0.1) is 19.8 Å². The molecule has 3 aromatic rings. The van der Waals surface area contributed by atoms with Gasteiger partial charge in [-0.1, -0.05) is 32.0 Å². The van der Waals surface area contributed by atoms with E-state index in [9.17, 15) is 9.59 Å². The first-order chi connectivity index (χ1) is 12.4. The van der Waals surface area contributed by atoms with Gasteiger partial charge in [-0.2, -0.15) is 0 Å². The molecule has 0 unspecified atom stereocenters. The van der Waals surface area contributed by atoms with E-state index in [0.717, 1.165) is 11.1 Å². The number of rotatable bonds is 5. The summed E-state index contributed by atoms with van der Waals surface area (Å²) in [5.41, 5.74) is 4.00. The summed E-state index contributed by atoms with van der Waals surface area (Å²) in [6.45, 7) is 8.26. The Kier molecular flexibility index (Phi) is 5.23. The van der Waals surface area contributed by atoms with Gasteiger partial charge < -0.3 is 4.74 Å². The fourth-order valence-corrected chi connectivity index (χ4v) is 3.55. The van der Waals surface area contributed by atoms with Gasteiger partial charge in [0.25, 0.3) is 5.56 Å². The Bertz CT molecular complexity index is 1020. The van der Waals surface area contributed by atoms with Gasteiger partial charge in [0.2, 0.25) is 0 Å². The van der Waals surface area contributed by atoms with Crippen molar-refractivity contribution in [3.63, 3.8) is 0 Å². The van der Waals surface area contributed by atoms with Gasteiger partial charge in [-0.3, -0.25) is 14.2 Å². The van der Waals surface area contributed by atoms with Crippen LogP contribution in [-0.4, -0.2) is 22.1 Å². The van der Waals surface area contributed by atoms with Gasteiger partial charge in [0, 0.05) is 10.9 Å². The first-order valence-corrected chi connectivity index (χ1v) is 9.44. The zero-order valence-electron chi connectivity index (χ0n) is 15.4. The number of ether oxygens (including phenoxy) is 1. The number of fused-ring (bicyclic) bond motifs is 1. The molecule has 0 aliphatic rings. The van der Waals surface area contributed by atoms with E-state index in [1.807, 2.05) is 31.4 Å². The molecule has 1 aromatic carbocycles. The first-order valence-electron chi connectivity index (χ1n) is 8.56. The summed E-state index contributed by atoms with van der Waals surface area (Å²) in [4.78, 5) is 29.9. The monoisotopic (exact) mass is 370 g/mol. The number of hydrogen-bond donors (Lipinski definition) is 0. The van der Waals surface area contributed by atoms with Gasteiger partial charge in [0.05, 0.1) is 18.3 Å². The van der Waals surface area contributed by atoms with Gasteiger partial charge in [-0.25, -0.2) is 4.98 Å². The van der Waals surface area contributed by atoms with Gasteiger partial charge in [-0.15, -0.1) is 11.3 Å². The third kappa shape index (κ3) is 3.70. The molecule has 2 aromatic heterocycles. The summed E-state index contributed by atoms with van der Waals surface area (Å²) in [7, 11) is 0. The molecule has 3 rings (SSSR count). The number of hydrogen-bond acceptors (Lipinski definition) is 5. The summed E-state index contributed by atoms with van der Waals surface area (Å²) in [5.74, 6) is -0.172. The van der Waals surface area contributed by atoms with Crippen molar-refractivity contribution in [3.05, 3.63) is 51.4 Å². The molecule has 0 saturated heterocycles. The molecule has 26 heavy (non-hydrogen) atoms. The quantitative estimate of drug-likeness (QED) is 0.638. The van der Waals surface area contributed by atoms with Crippen LogP contribution in [0.2, 0.25) is 0 Å². The lowest BCUT2D eigenvalue weighted by molar-refractivity contribution is -0.145. The molecule has 6 heteroatoms. The first kappa shape index (κ1) is 18.3. The van der Waals surface area contributed by atoms with Gasteiger partial charge in [0.15, 0.2) is 0 Å². The highest BCUT2D eigenvalue weighted by molar-refractivity contribution is 7.17. The summed E-state index contributed by atoms with van der Waals surface area (Å²) < 4.78 is 6.50. The number of thiophene rings is 1. The molecule has 0 aliphatic heterocycles. The molecule has 0 amide bonds. The van der Waals surface area contributed by atoms with E-state index < -0.39 is 5.97 Å². The second kappa shape index (κ2) is 7.41. The zero-order valence-corrected chi connectivity index (χ0v) is 16.2. The number of nitrogens with zero attached hydrogens (tertiary/aromatic N) is 2. The van der Waals surface area contributed by atoms with Crippen molar-refractivity contribution < 1.29 is 9.53 Å². The second-order valence-corrected chi connectivity index (χ2v) is 7.74. The maximum atomic E-state index is 12.9. The summed E-state index contributed by atoms with van der Waals surface area (Å²) in [5, 5.41) is 2.50. The molecule has 0 spiro atoms. The molecule has 136 valence electrons. The molecule has 0 aliphatic carbocycles. The Morgan fingerprint density at radius 1 is 1.27 bits per heavy atom. The normalized spacial score (nSPS) is 11.3. The van der Waals surface area contributed by atoms with E-state index in [-0.39, 0.29) is 18.0 Å². The molecule has 0 N–H and O–H groups in total. The van der Waals surface area contributed by atoms with Crippen LogP contribution >= 0.6 is 11.3 Å². The summed E-state index contributed by atoms with van der Waals surface area (Å²) in [6, 6.07) is 6.13.